The predicted molar refractivity (Wildman–Crippen MR) is 126 cm³/mol. The van der Waals surface area contributed by atoms with Gasteiger partial charge in [0.05, 0.1) is 4.90 Å². The molecule has 1 aromatic carbocycles. The number of carboxylic acids is 1. The number of nitrogens with zero attached hydrogens (tertiary/aromatic N) is 1. The third kappa shape index (κ3) is 7.98. The van der Waals surface area contributed by atoms with Gasteiger partial charge in [0, 0.05) is 13.1 Å². The first kappa shape index (κ1) is 27.6. The number of nitrogens with one attached hydrogen (secondary N) is 2. The summed E-state index contributed by atoms with van der Waals surface area (Å²) >= 11 is 0. The monoisotopic (exact) mass is 497 g/mol. The third-order valence-electron chi connectivity index (χ3n) is 5.34. The molecule has 1 heterocycles. The molecule has 1 aliphatic heterocycles. The number of unbranched alkanes of at least 4 members (excludes halogenated alkanes) is 1. The predicted octanol–water partition coefficient (Wildman–Crippen LogP) is 2.41. The minimum absolute atomic E-state index is 0.102. The zero-order valence-electron chi connectivity index (χ0n) is 20.2. The lowest BCUT2D eigenvalue weighted by Crippen LogP contribution is -2.50. The second-order valence-corrected chi connectivity index (χ2v) is 11.3. The number of aliphatic carboxylic acids is 1. The number of carbonyl (C=O) groups excluding carboxylic acids is 2. The molecule has 1 fully saturated rings. The van der Waals surface area contributed by atoms with Crippen molar-refractivity contribution in [3.63, 3.8) is 0 Å². The molecule has 0 bridgehead atoms. The maximum Gasteiger partial charge on any atom is 0.407 e. The van der Waals surface area contributed by atoms with E-state index in [4.69, 9.17) is 4.74 Å². The van der Waals surface area contributed by atoms with E-state index in [1.54, 1.807) is 32.9 Å². The Morgan fingerprint density at radius 3 is 2.41 bits per heavy atom. The number of hydrogen-bond donors (Lipinski definition) is 3. The van der Waals surface area contributed by atoms with Crippen LogP contribution >= 0.6 is 0 Å². The van der Waals surface area contributed by atoms with E-state index >= 15 is 0 Å². The van der Waals surface area contributed by atoms with Crippen LogP contribution < -0.4 is 10.6 Å². The Balaban J connectivity index is 1.91. The van der Waals surface area contributed by atoms with Crippen molar-refractivity contribution in [1.82, 2.24) is 14.9 Å². The second-order valence-electron chi connectivity index (χ2n) is 9.41. The minimum Gasteiger partial charge on any atom is -0.480 e. The van der Waals surface area contributed by atoms with Crippen LogP contribution in [0.3, 0.4) is 0 Å². The molecular weight excluding hydrogens is 462 g/mol. The highest BCUT2D eigenvalue weighted by Gasteiger charge is 2.40. The van der Waals surface area contributed by atoms with Crippen LogP contribution in [0.4, 0.5) is 4.79 Å². The first-order valence-corrected chi connectivity index (χ1v) is 12.8. The number of alkyl carbamates (subject to hydrolysis) is 1. The highest BCUT2D eigenvalue weighted by atomic mass is 32.2. The normalized spacial score (nSPS) is 17.7. The van der Waals surface area contributed by atoms with Gasteiger partial charge in [0.1, 0.15) is 17.7 Å². The van der Waals surface area contributed by atoms with E-state index in [9.17, 15) is 27.9 Å². The molecule has 10 nitrogen and oxygen atoms in total. The Bertz CT molecular complexity index is 971. The molecular formula is C23H35N3O7S. The van der Waals surface area contributed by atoms with Crippen molar-refractivity contribution in [3.05, 3.63) is 29.8 Å². The van der Waals surface area contributed by atoms with Gasteiger partial charge in [-0.05, 0) is 71.9 Å². The van der Waals surface area contributed by atoms with E-state index < -0.39 is 45.7 Å². The van der Waals surface area contributed by atoms with Crippen molar-refractivity contribution in [2.75, 3.05) is 13.1 Å². The number of carboxylic acid groups (broad SMARTS) is 1. The third-order valence-corrected chi connectivity index (χ3v) is 7.26. The number of ether oxygens (including phenoxy) is 1. The topological polar surface area (TPSA) is 142 Å². The summed E-state index contributed by atoms with van der Waals surface area (Å²) in [6.07, 6.45) is 1.36. The largest absolute Gasteiger partial charge is 0.480 e. The summed E-state index contributed by atoms with van der Waals surface area (Å²) in [5.74, 6) is -1.81. The van der Waals surface area contributed by atoms with E-state index in [1.807, 2.05) is 6.92 Å². The Morgan fingerprint density at radius 2 is 1.82 bits per heavy atom. The first-order valence-electron chi connectivity index (χ1n) is 11.4. The van der Waals surface area contributed by atoms with Crippen LogP contribution in [0.5, 0.6) is 0 Å². The first-order chi connectivity index (χ1) is 15.8. The summed E-state index contributed by atoms with van der Waals surface area (Å²) in [5.41, 5.74) is 0.310. The Labute approximate surface area is 201 Å². The molecule has 0 aromatic heterocycles. The molecule has 2 rings (SSSR count). The molecule has 1 saturated heterocycles. The van der Waals surface area contributed by atoms with Crippen LogP contribution in [-0.2, 0) is 24.3 Å². The molecule has 1 aliphatic rings. The molecule has 0 radical (unpaired) electrons. The van der Waals surface area contributed by atoms with Crippen LogP contribution in [-0.4, -0.2) is 66.6 Å². The lowest BCUT2D eigenvalue weighted by molar-refractivity contribution is -0.142. The van der Waals surface area contributed by atoms with E-state index in [2.05, 4.69) is 10.6 Å². The standard InChI is InChI=1S/C23H35N3O7S/c1-16-10-12-17(13-11-16)34(31,32)26-15-7-9-19(26)20(27)25-18(21(28)29)8-5-6-14-24-22(30)33-23(2,3)4/h10-13,18-19H,5-9,14-15H2,1-4H3,(H,24,30)(H,25,27)(H,28,29)/t18-,19+/m1/s1. The van der Waals surface area contributed by atoms with Gasteiger partial charge in [-0.2, -0.15) is 4.31 Å². The number of rotatable bonds is 10. The number of aryl methyl sites for hydroxylation is 1. The molecule has 1 aromatic rings. The summed E-state index contributed by atoms with van der Waals surface area (Å²) in [6.45, 7) is 7.61. The zero-order valence-corrected chi connectivity index (χ0v) is 21.0. The van der Waals surface area contributed by atoms with Gasteiger partial charge >= 0.3 is 12.1 Å². The number of carbonyl (C=O) groups is 3. The molecule has 11 heteroatoms. The summed E-state index contributed by atoms with van der Waals surface area (Å²) < 4.78 is 32.4. The maximum atomic E-state index is 13.1. The molecule has 2 amide bonds. The Morgan fingerprint density at radius 1 is 1.18 bits per heavy atom. The zero-order chi connectivity index (χ0) is 25.5. The van der Waals surface area contributed by atoms with Crippen LogP contribution in [0, 0.1) is 6.92 Å². The number of benzene rings is 1. The van der Waals surface area contributed by atoms with Gasteiger partial charge in [-0.25, -0.2) is 18.0 Å². The Hall–Kier alpha value is -2.66. The van der Waals surface area contributed by atoms with Crippen LogP contribution in [0.25, 0.3) is 0 Å². The number of sulfonamides is 1. The van der Waals surface area contributed by atoms with Crippen LogP contribution in [0.15, 0.2) is 29.2 Å². The van der Waals surface area contributed by atoms with Crippen LogP contribution in [0.1, 0.15) is 58.4 Å². The fourth-order valence-electron chi connectivity index (χ4n) is 3.64. The average molecular weight is 498 g/mol. The van der Waals surface area contributed by atoms with E-state index in [1.165, 1.54) is 12.1 Å². The molecule has 190 valence electrons. The highest BCUT2D eigenvalue weighted by Crippen LogP contribution is 2.26. The second kappa shape index (κ2) is 11.7. The smallest absolute Gasteiger partial charge is 0.407 e. The maximum absolute atomic E-state index is 13.1. The molecule has 0 saturated carbocycles. The van der Waals surface area contributed by atoms with Crippen molar-refractivity contribution in [3.8, 4) is 0 Å². The quantitative estimate of drug-likeness (QED) is 0.421. The lowest BCUT2D eigenvalue weighted by atomic mass is 10.1. The van der Waals surface area contributed by atoms with Gasteiger partial charge in [0.2, 0.25) is 15.9 Å². The van der Waals surface area contributed by atoms with E-state index in [-0.39, 0.29) is 17.9 Å². The molecule has 0 unspecified atom stereocenters. The van der Waals surface area contributed by atoms with Crippen molar-refractivity contribution < 1.29 is 32.6 Å². The number of hydrogen-bond acceptors (Lipinski definition) is 6. The van der Waals surface area contributed by atoms with Crippen molar-refractivity contribution >= 4 is 28.0 Å². The van der Waals surface area contributed by atoms with Gasteiger partial charge in [0.15, 0.2) is 0 Å². The van der Waals surface area contributed by atoms with Gasteiger partial charge in [0.25, 0.3) is 0 Å². The molecule has 34 heavy (non-hydrogen) atoms. The molecule has 0 aliphatic carbocycles. The van der Waals surface area contributed by atoms with Crippen molar-refractivity contribution in [2.45, 2.75) is 82.4 Å². The molecule has 2 atom stereocenters. The summed E-state index contributed by atoms with van der Waals surface area (Å²) in [7, 11) is -3.88. The summed E-state index contributed by atoms with van der Waals surface area (Å²) in [4.78, 5) is 36.3. The number of amides is 2. The summed E-state index contributed by atoms with van der Waals surface area (Å²) in [6, 6.07) is 4.28. The van der Waals surface area contributed by atoms with Crippen molar-refractivity contribution in [2.24, 2.45) is 0 Å². The fraction of sp³-hybridized carbons (Fsp3) is 0.609. The summed E-state index contributed by atoms with van der Waals surface area (Å²) in [5, 5.41) is 14.6. The van der Waals surface area contributed by atoms with Crippen molar-refractivity contribution in [1.29, 1.82) is 0 Å². The highest BCUT2D eigenvalue weighted by molar-refractivity contribution is 7.89. The van der Waals surface area contributed by atoms with Gasteiger partial charge in [-0.15, -0.1) is 0 Å². The average Bonchev–Trinajstić information content (AvgIpc) is 3.22. The SMILES string of the molecule is Cc1ccc(S(=O)(=O)N2CCC[C@H]2C(=O)N[C@H](CCCCNC(=O)OC(C)(C)C)C(=O)O)cc1. The van der Waals surface area contributed by atoms with Gasteiger partial charge in [-0.3, -0.25) is 4.79 Å². The van der Waals surface area contributed by atoms with Gasteiger partial charge in [-0.1, -0.05) is 17.7 Å². The van der Waals surface area contributed by atoms with Crippen LogP contribution in [0.2, 0.25) is 0 Å². The molecule has 0 spiro atoms. The van der Waals surface area contributed by atoms with E-state index in [0.717, 1.165) is 9.87 Å². The Kier molecular flexibility index (Phi) is 9.45. The minimum atomic E-state index is -3.88. The van der Waals surface area contributed by atoms with E-state index in [0.29, 0.717) is 32.2 Å². The fourth-order valence-corrected chi connectivity index (χ4v) is 5.30. The lowest BCUT2D eigenvalue weighted by Gasteiger charge is -2.25. The van der Waals surface area contributed by atoms with Gasteiger partial charge < -0.3 is 20.5 Å². The molecule has 3 N–H and O–H groups in total.